The summed E-state index contributed by atoms with van der Waals surface area (Å²) in [5.41, 5.74) is -3.34. The molecule has 0 unspecified atom stereocenters. The van der Waals surface area contributed by atoms with Crippen molar-refractivity contribution in [1.29, 1.82) is 5.26 Å². The van der Waals surface area contributed by atoms with E-state index in [9.17, 15) is 19.6 Å². The molecular weight excluding hydrogens is 611 g/mol. The van der Waals surface area contributed by atoms with E-state index in [-0.39, 0.29) is 56.7 Å². The average molecular weight is 638 g/mol. The summed E-state index contributed by atoms with van der Waals surface area (Å²) < 4.78 is 36.9. The highest BCUT2D eigenvalue weighted by Crippen LogP contribution is 2.57. The maximum Gasteiger partial charge on any atom is 0.338 e. The largest absolute Gasteiger partial charge is 0.462 e. The molecule has 2 heterocycles. The maximum atomic E-state index is 15.9. The van der Waals surface area contributed by atoms with Crippen molar-refractivity contribution in [3.63, 3.8) is 0 Å². The second-order valence-corrected chi connectivity index (χ2v) is 12.6. The van der Waals surface area contributed by atoms with Gasteiger partial charge in [-0.25, -0.2) is 23.3 Å². The summed E-state index contributed by atoms with van der Waals surface area (Å²) in [6, 6.07) is 13.8. The maximum absolute atomic E-state index is 15.9. The van der Waals surface area contributed by atoms with E-state index in [1.807, 2.05) is 20.8 Å². The topological polar surface area (TPSA) is 90.7 Å². The molecule has 2 aliphatic rings. The predicted octanol–water partition coefficient (Wildman–Crippen LogP) is 7.91. The molecule has 3 amide bonds. The van der Waals surface area contributed by atoms with Crippen LogP contribution in [0, 0.1) is 28.4 Å². The summed E-state index contributed by atoms with van der Waals surface area (Å²) in [4.78, 5) is 43.2. The van der Waals surface area contributed by atoms with Gasteiger partial charge < -0.3 is 4.74 Å². The molecular formula is C33H27Cl2F2N3O4. The third-order valence-corrected chi connectivity index (χ3v) is 8.19. The molecule has 11 heteroatoms. The van der Waals surface area contributed by atoms with E-state index in [0.717, 1.165) is 15.9 Å². The van der Waals surface area contributed by atoms with Crippen molar-refractivity contribution in [3.05, 3.63) is 105 Å². The van der Waals surface area contributed by atoms with Gasteiger partial charge in [0.2, 0.25) is 0 Å². The lowest BCUT2D eigenvalue weighted by molar-refractivity contribution is -0.114. The highest BCUT2D eigenvalue weighted by Gasteiger charge is 2.64. The third kappa shape index (κ3) is 4.92. The van der Waals surface area contributed by atoms with Crippen LogP contribution in [0.4, 0.5) is 19.3 Å². The van der Waals surface area contributed by atoms with Gasteiger partial charge in [0.15, 0.2) is 0 Å². The number of rotatable bonds is 6. The molecule has 0 aromatic heterocycles. The van der Waals surface area contributed by atoms with Gasteiger partial charge in [-0.2, -0.15) is 5.26 Å². The number of esters is 1. The van der Waals surface area contributed by atoms with Crippen LogP contribution in [0.5, 0.6) is 0 Å². The first-order chi connectivity index (χ1) is 20.8. The first kappa shape index (κ1) is 31.2. The number of hydrogen-bond acceptors (Lipinski definition) is 5. The fourth-order valence-electron chi connectivity index (χ4n) is 5.95. The molecule has 5 rings (SSSR count). The first-order valence-corrected chi connectivity index (χ1v) is 14.5. The standard InChI is InChI=1S/C33H27Cl2F2N3O4/c1-5-44-30(42)18-8-6-9-20(14-18)39-29(41)28-26(21-10-7-11-23(35)27(21)37)33(17-38,22-13-12-19(34)15-24(22)36)25(16-32(2,3)4)40(28)31(39)43/h6-15,25H,5,16H2,1-4H3/t25-,33-/m0/s1. The molecule has 1 fully saturated rings. The molecule has 7 nitrogen and oxygen atoms in total. The van der Waals surface area contributed by atoms with E-state index in [0.29, 0.717) is 0 Å². The Hall–Kier alpha value is -4.26. The fourth-order valence-corrected chi connectivity index (χ4v) is 6.29. The van der Waals surface area contributed by atoms with E-state index in [1.54, 1.807) is 6.92 Å². The van der Waals surface area contributed by atoms with Crippen molar-refractivity contribution in [2.45, 2.75) is 45.6 Å². The number of amides is 3. The Bertz CT molecular complexity index is 1800. The Kier molecular flexibility index (Phi) is 8.04. The van der Waals surface area contributed by atoms with Crippen molar-refractivity contribution >= 4 is 52.4 Å². The number of ether oxygens (including phenoxy) is 1. The Labute approximate surface area is 263 Å². The summed E-state index contributed by atoms with van der Waals surface area (Å²) in [5, 5.41) is 10.8. The number of nitriles is 1. The van der Waals surface area contributed by atoms with Gasteiger partial charge in [-0.1, -0.05) is 68.2 Å². The van der Waals surface area contributed by atoms with Crippen LogP contribution in [0.2, 0.25) is 10.0 Å². The molecule has 0 spiro atoms. The first-order valence-electron chi connectivity index (χ1n) is 13.8. The second-order valence-electron chi connectivity index (χ2n) is 11.7. The van der Waals surface area contributed by atoms with Gasteiger partial charge in [0.25, 0.3) is 5.91 Å². The highest BCUT2D eigenvalue weighted by molar-refractivity contribution is 6.32. The number of hydrogen-bond donors (Lipinski definition) is 0. The number of halogens is 4. The lowest BCUT2D eigenvalue weighted by atomic mass is 9.65. The summed E-state index contributed by atoms with van der Waals surface area (Å²) in [5.74, 6) is -3.33. The molecule has 0 N–H and O–H groups in total. The summed E-state index contributed by atoms with van der Waals surface area (Å²) in [6.07, 6.45) is 0.105. The number of fused-ring (bicyclic) bond motifs is 1. The van der Waals surface area contributed by atoms with E-state index in [1.165, 1.54) is 54.6 Å². The second kappa shape index (κ2) is 11.3. The Morgan fingerprint density at radius 1 is 1.07 bits per heavy atom. The minimum atomic E-state index is -2.05. The number of carbonyl (C=O) groups excluding carboxylic acids is 3. The minimum absolute atomic E-state index is 0.0631. The molecule has 0 saturated carbocycles. The fraction of sp³-hybridized carbons (Fsp3) is 0.273. The zero-order chi connectivity index (χ0) is 32.1. The average Bonchev–Trinajstić information content (AvgIpc) is 3.38. The molecule has 44 heavy (non-hydrogen) atoms. The van der Waals surface area contributed by atoms with Crippen molar-refractivity contribution in [3.8, 4) is 6.07 Å². The predicted molar refractivity (Wildman–Crippen MR) is 162 cm³/mol. The molecule has 2 atom stereocenters. The van der Waals surface area contributed by atoms with Crippen LogP contribution < -0.4 is 4.90 Å². The van der Waals surface area contributed by atoms with Crippen LogP contribution in [-0.4, -0.2) is 35.5 Å². The van der Waals surface area contributed by atoms with E-state index in [4.69, 9.17) is 27.9 Å². The van der Waals surface area contributed by atoms with Crippen molar-refractivity contribution in [2.24, 2.45) is 5.41 Å². The molecule has 3 aromatic rings. The van der Waals surface area contributed by atoms with Crippen LogP contribution >= 0.6 is 23.2 Å². The summed E-state index contributed by atoms with van der Waals surface area (Å²) in [6.45, 7) is 7.37. The van der Waals surface area contributed by atoms with Crippen LogP contribution in [0.25, 0.3) is 5.57 Å². The number of anilines is 1. The van der Waals surface area contributed by atoms with Crippen molar-refractivity contribution in [2.75, 3.05) is 11.5 Å². The minimum Gasteiger partial charge on any atom is -0.462 e. The Morgan fingerprint density at radius 2 is 1.77 bits per heavy atom. The van der Waals surface area contributed by atoms with Gasteiger partial charge in [-0.3, -0.25) is 9.69 Å². The monoisotopic (exact) mass is 637 g/mol. The van der Waals surface area contributed by atoms with Crippen molar-refractivity contribution in [1.82, 2.24) is 4.90 Å². The van der Waals surface area contributed by atoms with Gasteiger partial charge in [-0.05, 0) is 55.2 Å². The number of carbonyl (C=O) groups is 3. The van der Waals surface area contributed by atoms with Crippen LogP contribution in [0.3, 0.4) is 0 Å². The number of imide groups is 1. The molecule has 0 aliphatic carbocycles. The lowest BCUT2D eigenvalue weighted by Gasteiger charge is -2.39. The van der Waals surface area contributed by atoms with E-state index >= 15 is 8.78 Å². The number of urea groups is 1. The van der Waals surface area contributed by atoms with Gasteiger partial charge in [0.05, 0.1) is 35.0 Å². The zero-order valence-corrected chi connectivity index (χ0v) is 25.8. The van der Waals surface area contributed by atoms with Crippen LogP contribution in [0.1, 0.15) is 55.6 Å². The van der Waals surface area contributed by atoms with Crippen LogP contribution in [-0.2, 0) is 14.9 Å². The van der Waals surface area contributed by atoms with Gasteiger partial charge in [-0.15, -0.1) is 0 Å². The Balaban J connectivity index is 1.86. The summed E-state index contributed by atoms with van der Waals surface area (Å²) >= 11 is 12.3. The van der Waals surface area contributed by atoms with E-state index in [2.05, 4.69) is 6.07 Å². The van der Waals surface area contributed by atoms with E-state index < -0.39 is 46.4 Å². The lowest BCUT2D eigenvalue weighted by Crippen LogP contribution is -2.49. The normalized spacial score (nSPS) is 19.8. The Morgan fingerprint density at radius 3 is 2.41 bits per heavy atom. The molecule has 1 saturated heterocycles. The quantitative estimate of drug-likeness (QED) is 0.202. The molecule has 0 bridgehead atoms. The van der Waals surface area contributed by atoms with Gasteiger partial charge >= 0.3 is 12.0 Å². The van der Waals surface area contributed by atoms with Gasteiger partial charge in [0, 0.05) is 21.7 Å². The highest BCUT2D eigenvalue weighted by atomic mass is 35.5. The molecule has 226 valence electrons. The van der Waals surface area contributed by atoms with Gasteiger partial charge in [0.1, 0.15) is 22.7 Å². The summed E-state index contributed by atoms with van der Waals surface area (Å²) in [7, 11) is 0. The number of nitrogens with zero attached hydrogens (tertiary/aromatic N) is 3. The molecule has 3 aromatic carbocycles. The van der Waals surface area contributed by atoms with Crippen LogP contribution in [0.15, 0.2) is 66.4 Å². The van der Waals surface area contributed by atoms with Crippen molar-refractivity contribution < 1.29 is 27.9 Å². The zero-order valence-electron chi connectivity index (χ0n) is 24.3. The third-order valence-electron chi connectivity index (χ3n) is 7.66. The number of benzene rings is 3. The SMILES string of the molecule is CCOC(=O)c1cccc(N2C(=O)C3=C(c4cccc(Cl)c4F)[C@@](C#N)(c4ccc(Cl)cc4F)[C@H](CC(C)(C)C)N3C2=O)c1. The smallest absolute Gasteiger partial charge is 0.338 e. The molecule has 0 radical (unpaired) electrons. The molecule has 2 aliphatic heterocycles.